The minimum atomic E-state index is -0.269. The fourth-order valence-electron chi connectivity index (χ4n) is 5.15. The third kappa shape index (κ3) is 3.55. The molecule has 2 bridgehead atoms. The Labute approximate surface area is 191 Å². The molecule has 2 saturated heterocycles. The second-order valence-corrected chi connectivity index (χ2v) is 8.68. The van der Waals surface area contributed by atoms with E-state index in [1.54, 1.807) is 31.6 Å². The molecule has 2 fully saturated rings. The zero-order valence-corrected chi connectivity index (χ0v) is 18.4. The molecule has 0 unspecified atom stereocenters. The van der Waals surface area contributed by atoms with Gasteiger partial charge in [0.2, 0.25) is 0 Å². The van der Waals surface area contributed by atoms with Gasteiger partial charge in [0.05, 0.1) is 12.3 Å². The van der Waals surface area contributed by atoms with Crippen molar-refractivity contribution in [3.63, 3.8) is 0 Å². The number of ether oxygens (including phenoxy) is 1. The molecule has 6 rings (SSSR count). The number of pyridine rings is 2. The summed E-state index contributed by atoms with van der Waals surface area (Å²) < 4.78 is 20.9. The van der Waals surface area contributed by atoms with E-state index < -0.39 is 0 Å². The Balaban J connectivity index is 1.41. The Hall–Kier alpha value is -3.36. The van der Waals surface area contributed by atoms with Crippen molar-refractivity contribution >= 4 is 17.0 Å². The Morgan fingerprint density at radius 2 is 1.79 bits per heavy atom. The number of hydrogen-bond donors (Lipinski definition) is 0. The molecule has 3 aromatic heterocycles. The lowest BCUT2D eigenvalue weighted by Gasteiger charge is -2.34. The molecule has 0 amide bonds. The molecule has 2 atom stereocenters. The third-order valence-corrected chi connectivity index (χ3v) is 6.74. The minimum absolute atomic E-state index is 0.269. The average Bonchev–Trinajstić information content (AvgIpc) is 3.55. The number of benzene rings is 1. The first-order valence-electron chi connectivity index (χ1n) is 11.3. The van der Waals surface area contributed by atoms with Crippen molar-refractivity contribution in [3.8, 4) is 17.1 Å². The van der Waals surface area contributed by atoms with Crippen molar-refractivity contribution in [1.29, 1.82) is 0 Å². The maximum atomic E-state index is 13.6. The number of imidazole rings is 1. The van der Waals surface area contributed by atoms with Gasteiger partial charge < -0.3 is 9.64 Å². The molecule has 4 aromatic rings. The van der Waals surface area contributed by atoms with Gasteiger partial charge in [-0.1, -0.05) is 0 Å². The number of piperazine rings is 1. The molecule has 0 radical (unpaired) electrons. The Bertz CT molecular complexity index is 1280. The fourth-order valence-corrected chi connectivity index (χ4v) is 5.15. The van der Waals surface area contributed by atoms with Crippen LogP contribution in [0, 0.1) is 5.82 Å². The number of likely N-dealkylation sites (tertiary alicyclic amines) is 1. The second kappa shape index (κ2) is 8.20. The van der Waals surface area contributed by atoms with E-state index in [0.717, 1.165) is 66.7 Å². The lowest BCUT2D eigenvalue weighted by atomic mass is 10.2. The molecular formula is C25H25FN6O. The smallest absolute Gasteiger partial charge is 0.167 e. The van der Waals surface area contributed by atoms with Gasteiger partial charge in [0.15, 0.2) is 5.65 Å². The molecule has 0 spiro atoms. The van der Waals surface area contributed by atoms with Crippen molar-refractivity contribution in [1.82, 2.24) is 24.4 Å². The first-order chi connectivity index (χ1) is 16.2. The van der Waals surface area contributed by atoms with E-state index in [4.69, 9.17) is 14.7 Å². The monoisotopic (exact) mass is 444 g/mol. The number of hydrogen-bond acceptors (Lipinski definition) is 6. The van der Waals surface area contributed by atoms with Gasteiger partial charge in [0.1, 0.15) is 23.0 Å². The summed E-state index contributed by atoms with van der Waals surface area (Å²) in [6, 6.07) is 15.4. The first kappa shape index (κ1) is 20.3. The van der Waals surface area contributed by atoms with Crippen LogP contribution in [-0.2, 0) is 4.74 Å². The van der Waals surface area contributed by atoms with Crippen molar-refractivity contribution in [2.45, 2.75) is 18.5 Å². The minimum Gasteiger partial charge on any atom is -0.383 e. The van der Waals surface area contributed by atoms with E-state index in [1.165, 1.54) is 12.1 Å². The summed E-state index contributed by atoms with van der Waals surface area (Å²) >= 11 is 0. The van der Waals surface area contributed by atoms with Crippen LogP contribution in [0.25, 0.3) is 28.2 Å². The van der Waals surface area contributed by atoms with E-state index in [0.29, 0.717) is 12.1 Å². The van der Waals surface area contributed by atoms with Gasteiger partial charge in [-0.3, -0.25) is 14.5 Å². The quantitative estimate of drug-likeness (QED) is 0.454. The number of methoxy groups -OCH3 is 1. The normalized spacial score (nSPS) is 20.2. The highest BCUT2D eigenvalue weighted by Crippen LogP contribution is 2.35. The standard InChI is InChI=1S/C25H25FN6O/c1-33-13-12-30-15-21-14-20(30)16-31(21)23-7-6-22-25(29-23)32(19-8-10-27-11-9-19)24(28-22)17-2-4-18(26)5-3-17/h2-11,20-21H,12-16H2,1H3/t20-,21-/m1/s1. The molecule has 5 heterocycles. The fraction of sp³-hybridized carbons (Fsp3) is 0.320. The van der Waals surface area contributed by atoms with Crippen molar-refractivity contribution in [3.05, 3.63) is 66.7 Å². The largest absolute Gasteiger partial charge is 0.383 e. The Morgan fingerprint density at radius 1 is 0.970 bits per heavy atom. The molecule has 0 saturated carbocycles. The SMILES string of the molecule is COCCN1C[C@H]2C[C@@H]1CN2c1ccc2nc(-c3ccc(F)cc3)n(-c3ccncc3)c2n1. The average molecular weight is 445 g/mol. The first-order valence-corrected chi connectivity index (χ1v) is 11.3. The van der Waals surface area contributed by atoms with Gasteiger partial charge in [-0.15, -0.1) is 0 Å². The third-order valence-electron chi connectivity index (χ3n) is 6.74. The van der Waals surface area contributed by atoms with Gasteiger partial charge >= 0.3 is 0 Å². The van der Waals surface area contributed by atoms with Gasteiger partial charge in [0, 0.05) is 56.8 Å². The van der Waals surface area contributed by atoms with E-state index in [1.807, 2.05) is 22.8 Å². The number of rotatable bonds is 6. The lowest BCUT2D eigenvalue weighted by molar-refractivity contribution is 0.136. The molecule has 8 heteroatoms. The molecule has 1 aromatic carbocycles. The second-order valence-electron chi connectivity index (χ2n) is 8.68. The lowest BCUT2D eigenvalue weighted by Crippen LogP contribution is -2.47. The number of nitrogens with zero attached hydrogens (tertiary/aromatic N) is 6. The van der Waals surface area contributed by atoms with E-state index in [2.05, 4.69) is 20.9 Å². The highest BCUT2D eigenvalue weighted by atomic mass is 19.1. The number of halogens is 1. The van der Waals surface area contributed by atoms with Crippen LogP contribution < -0.4 is 4.90 Å². The molecule has 0 aliphatic carbocycles. The summed E-state index contributed by atoms with van der Waals surface area (Å²) in [6.07, 6.45) is 4.68. The van der Waals surface area contributed by atoms with Gasteiger partial charge in [-0.2, -0.15) is 0 Å². The molecule has 168 valence electrons. The summed E-state index contributed by atoms with van der Waals surface area (Å²) in [5.41, 5.74) is 3.35. The predicted octanol–water partition coefficient (Wildman–Crippen LogP) is 3.53. The molecule has 2 aliphatic heterocycles. The Morgan fingerprint density at radius 3 is 2.52 bits per heavy atom. The van der Waals surface area contributed by atoms with Crippen LogP contribution in [0.5, 0.6) is 0 Å². The highest BCUT2D eigenvalue weighted by Gasteiger charge is 2.43. The number of fused-ring (bicyclic) bond motifs is 3. The van der Waals surface area contributed by atoms with Crippen LogP contribution in [-0.4, -0.2) is 69.9 Å². The van der Waals surface area contributed by atoms with E-state index in [-0.39, 0.29) is 5.82 Å². The summed E-state index contributed by atoms with van der Waals surface area (Å²) in [4.78, 5) is 19.1. The molecule has 7 nitrogen and oxygen atoms in total. The molecular weight excluding hydrogens is 419 g/mol. The van der Waals surface area contributed by atoms with Crippen LogP contribution in [0.4, 0.5) is 10.2 Å². The van der Waals surface area contributed by atoms with Crippen LogP contribution in [0.1, 0.15) is 6.42 Å². The highest BCUT2D eigenvalue weighted by molar-refractivity contribution is 5.81. The summed E-state index contributed by atoms with van der Waals surface area (Å²) in [5.74, 6) is 1.44. The van der Waals surface area contributed by atoms with Crippen LogP contribution >= 0.6 is 0 Å². The molecule has 2 aliphatic rings. The summed E-state index contributed by atoms with van der Waals surface area (Å²) in [5, 5.41) is 0. The molecule has 33 heavy (non-hydrogen) atoms. The summed E-state index contributed by atoms with van der Waals surface area (Å²) in [6.45, 7) is 3.76. The van der Waals surface area contributed by atoms with Crippen molar-refractivity contribution < 1.29 is 9.13 Å². The zero-order chi connectivity index (χ0) is 22.4. The van der Waals surface area contributed by atoms with Crippen molar-refractivity contribution in [2.24, 2.45) is 0 Å². The van der Waals surface area contributed by atoms with Crippen LogP contribution in [0.3, 0.4) is 0 Å². The van der Waals surface area contributed by atoms with Gasteiger partial charge in [0.25, 0.3) is 0 Å². The maximum Gasteiger partial charge on any atom is 0.167 e. The van der Waals surface area contributed by atoms with Crippen LogP contribution in [0.15, 0.2) is 60.9 Å². The van der Waals surface area contributed by atoms with Crippen molar-refractivity contribution in [2.75, 3.05) is 38.3 Å². The number of aromatic nitrogens is 4. The van der Waals surface area contributed by atoms with Crippen LogP contribution in [0.2, 0.25) is 0 Å². The zero-order valence-electron chi connectivity index (χ0n) is 18.4. The van der Waals surface area contributed by atoms with E-state index in [9.17, 15) is 4.39 Å². The predicted molar refractivity (Wildman–Crippen MR) is 125 cm³/mol. The number of anilines is 1. The molecule has 0 N–H and O–H groups in total. The summed E-state index contributed by atoms with van der Waals surface area (Å²) in [7, 11) is 1.76. The maximum absolute atomic E-state index is 13.6. The Kier molecular flexibility index (Phi) is 5.04. The van der Waals surface area contributed by atoms with Gasteiger partial charge in [-0.25, -0.2) is 14.4 Å². The van der Waals surface area contributed by atoms with Gasteiger partial charge in [-0.05, 0) is 55.0 Å². The van der Waals surface area contributed by atoms with E-state index >= 15 is 0 Å². The topological polar surface area (TPSA) is 59.3 Å².